The Balaban J connectivity index is 2.25. The Morgan fingerprint density at radius 3 is 2.17 bits per heavy atom. The van der Waals surface area contributed by atoms with Crippen molar-refractivity contribution in [3.8, 4) is 11.5 Å². The molecule has 0 atom stereocenters. The molecule has 2 aromatic carbocycles. The van der Waals surface area contributed by atoms with Crippen LogP contribution in [0.1, 0.15) is 12.5 Å². The van der Waals surface area contributed by atoms with E-state index >= 15 is 0 Å². The number of rotatable bonds is 6. The van der Waals surface area contributed by atoms with E-state index in [0.717, 1.165) is 0 Å². The fourth-order valence-corrected chi connectivity index (χ4v) is 1.89. The van der Waals surface area contributed by atoms with Crippen LogP contribution in [0.2, 0.25) is 0 Å². The SMILES string of the molecule is CC(=NC(C(=O)O)C(=O)O)c1cccc(Oc2ccccc2)c1. The fraction of sp³-hybridized carbons (Fsp3) is 0.118. The fourth-order valence-electron chi connectivity index (χ4n) is 1.89. The maximum atomic E-state index is 10.9. The van der Waals surface area contributed by atoms with Gasteiger partial charge in [0.1, 0.15) is 11.5 Å². The molecule has 0 saturated heterocycles. The van der Waals surface area contributed by atoms with Gasteiger partial charge in [-0.15, -0.1) is 0 Å². The molecule has 2 N–H and O–H groups in total. The molecule has 0 fully saturated rings. The highest BCUT2D eigenvalue weighted by atomic mass is 16.5. The lowest BCUT2D eigenvalue weighted by Gasteiger charge is -2.09. The van der Waals surface area contributed by atoms with Crippen molar-refractivity contribution in [1.82, 2.24) is 0 Å². The van der Waals surface area contributed by atoms with Gasteiger partial charge in [-0.2, -0.15) is 0 Å². The Hall–Kier alpha value is -3.15. The predicted molar refractivity (Wildman–Crippen MR) is 84.2 cm³/mol. The van der Waals surface area contributed by atoms with Gasteiger partial charge in [-0.05, 0) is 36.8 Å². The number of benzene rings is 2. The van der Waals surface area contributed by atoms with Crippen molar-refractivity contribution in [2.24, 2.45) is 4.99 Å². The molecular formula is C17H15NO5. The number of carbonyl (C=O) groups is 2. The number of para-hydroxylation sites is 1. The molecule has 0 radical (unpaired) electrons. The van der Waals surface area contributed by atoms with Gasteiger partial charge in [-0.3, -0.25) is 4.99 Å². The molecule has 0 aliphatic heterocycles. The highest BCUT2D eigenvalue weighted by Gasteiger charge is 2.24. The summed E-state index contributed by atoms with van der Waals surface area (Å²) in [5.41, 5.74) is 0.893. The van der Waals surface area contributed by atoms with E-state index in [1.54, 1.807) is 43.3 Å². The number of hydrogen-bond acceptors (Lipinski definition) is 4. The molecule has 6 nitrogen and oxygen atoms in total. The minimum Gasteiger partial charge on any atom is -0.479 e. The summed E-state index contributed by atoms with van der Waals surface area (Å²) in [6, 6.07) is 14.2. The first-order chi connectivity index (χ1) is 11.0. The normalized spacial score (nSPS) is 11.3. The van der Waals surface area contributed by atoms with Crippen molar-refractivity contribution in [1.29, 1.82) is 0 Å². The van der Waals surface area contributed by atoms with Gasteiger partial charge >= 0.3 is 11.9 Å². The van der Waals surface area contributed by atoms with Gasteiger partial charge in [0, 0.05) is 5.71 Å². The smallest absolute Gasteiger partial charge is 0.340 e. The minimum atomic E-state index is -1.83. The Morgan fingerprint density at radius 1 is 0.957 bits per heavy atom. The molecule has 23 heavy (non-hydrogen) atoms. The van der Waals surface area contributed by atoms with Crippen molar-refractivity contribution in [3.05, 3.63) is 60.2 Å². The van der Waals surface area contributed by atoms with Crippen molar-refractivity contribution in [2.45, 2.75) is 13.0 Å². The second-order valence-corrected chi connectivity index (χ2v) is 4.74. The van der Waals surface area contributed by atoms with Crippen molar-refractivity contribution in [2.75, 3.05) is 0 Å². The Bertz CT molecular complexity index is 726. The summed E-state index contributed by atoms with van der Waals surface area (Å²) in [6.45, 7) is 1.56. The molecule has 0 bridgehead atoms. The number of nitrogens with zero attached hydrogens (tertiary/aromatic N) is 1. The van der Waals surface area contributed by atoms with Crippen LogP contribution in [0.15, 0.2) is 59.6 Å². The van der Waals surface area contributed by atoms with Crippen molar-refractivity contribution >= 4 is 17.7 Å². The van der Waals surface area contributed by atoms with Crippen LogP contribution < -0.4 is 4.74 Å². The summed E-state index contributed by atoms with van der Waals surface area (Å²) in [5, 5.41) is 17.8. The van der Waals surface area contributed by atoms with E-state index in [-0.39, 0.29) is 0 Å². The van der Waals surface area contributed by atoms with E-state index < -0.39 is 18.0 Å². The molecule has 6 heteroatoms. The van der Waals surface area contributed by atoms with Crippen LogP contribution >= 0.6 is 0 Å². The average Bonchev–Trinajstić information content (AvgIpc) is 2.53. The Kier molecular flexibility index (Phi) is 5.09. The number of carboxylic acids is 2. The number of aliphatic imine (C=N–C) groups is 1. The lowest BCUT2D eigenvalue weighted by atomic mass is 10.1. The summed E-state index contributed by atoms with van der Waals surface area (Å²) < 4.78 is 5.68. The average molecular weight is 313 g/mol. The lowest BCUT2D eigenvalue weighted by molar-refractivity contribution is -0.149. The zero-order chi connectivity index (χ0) is 16.8. The molecule has 118 valence electrons. The van der Waals surface area contributed by atoms with Crippen LogP contribution in [-0.4, -0.2) is 33.9 Å². The first-order valence-electron chi connectivity index (χ1n) is 6.80. The monoisotopic (exact) mass is 313 g/mol. The number of aliphatic carboxylic acids is 2. The summed E-state index contributed by atoms with van der Waals surface area (Å²) in [4.78, 5) is 25.6. The van der Waals surface area contributed by atoms with E-state index in [2.05, 4.69) is 4.99 Å². The van der Waals surface area contributed by atoms with Crippen LogP contribution in [0.5, 0.6) is 11.5 Å². The van der Waals surface area contributed by atoms with Gasteiger partial charge in [0.2, 0.25) is 6.04 Å². The topological polar surface area (TPSA) is 96.2 Å². The summed E-state index contributed by atoms with van der Waals surface area (Å²) >= 11 is 0. The van der Waals surface area contributed by atoms with Gasteiger partial charge in [0.15, 0.2) is 0 Å². The largest absolute Gasteiger partial charge is 0.479 e. The van der Waals surface area contributed by atoms with Crippen molar-refractivity contribution < 1.29 is 24.5 Å². The molecule has 0 saturated carbocycles. The summed E-state index contributed by atoms with van der Waals surface area (Å²) in [7, 11) is 0. The highest BCUT2D eigenvalue weighted by molar-refractivity contribution is 6.05. The second kappa shape index (κ2) is 7.22. The first-order valence-corrected chi connectivity index (χ1v) is 6.80. The number of ether oxygens (including phenoxy) is 1. The van der Waals surface area contributed by atoms with Crippen molar-refractivity contribution in [3.63, 3.8) is 0 Å². The van der Waals surface area contributed by atoms with E-state index in [1.165, 1.54) is 0 Å². The Morgan fingerprint density at radius 2 is 1.57 bits per heavy atom. The third-order valence-corrected chi connectivity index (χ3v) is 3.02. The maximum absolute atomic E-state index is 10.9. The molecular weight excluding hydrogens is 298 g/mol. The zero-order valence-electron chi connectivity index (χ0n) is 12.3. The molecule has 0 heterocycles. The van der Waals surface area contributed by atoms with E-state index in [9.17, 15) is 9.59 Å². The van der Waals surface area contributed by atoms with Crippen LogP contribution in [0.4, 0.5) is 0 Å². The lowest BCUT2D eigenvalue weighted by Crippen LogP contribution is -2.28. The van der Waals surface area contributed by atoms with Gasteiger partial charge in [0.05, 0.1) is 0 Å². The van der Waals surface area contributed by atoms with Gasteiger partial charge < -0.3 is 14.9 Å². The van der Waals surface area contributed by atoms with E-state index in [4.69, 9.17) is 14.9 Å². The predicted octanol–water partition coefficient (Wildman–Crippen LogP) is 2.83. The van der Waals surface area contributed by atoms with E-state index in [0.29, 0.717) is 22.8 Å². The van der Waals surface area contributed by atoms with Gasteiger partial charge in [-0.25, -0.2) is 9.59 Å². The van der Waals surface area contributed by atoms with Gasteiger partial charge in [0.25, 0.3) is 0 Å². The van der Waals surface area contributed by atoms with Crippen LogP contribution in [0.25, 0.3) is 0 Å². The van der Waals surface area contributed by atoms with E-state index in [1.807, 2.05) is 18.2 Å². The third kappa shape index (κ3) is 4.41. The molecule has 2 rings (SSSR count). The molecule has 0 amide bonds. The quantitative estimate of drug-likeness (QED) is 0.631. The second-order valence-electron chi connectivity index (χ2n) is 4.74. The zero-order valence-corrected chi connectivity index (χ0v) is 12.3. The molecule has 0 aliphatic carbocycles. The first kappa shape index (κ1) is 16.2. The molecule has 0 aromatic heterocycles. The standard InChI is InChI=1S/C17H15NO5/c1-11(18-15(16(19)20)17(21)22)12-6-5-9-14(10-12)23-13-7-3-2-4-8-13/h2-10,15H,1H3,(H,19,20)(H,21,22). The maximum Gasteiger partial charge on any atom is 0.340 e. The molecule has 0 aliphatic rings. The third-order valence-electron chi connectivity index (χ3n) is 3.02. The molecule has 0 unspecified atom stereocenters. The molecule has 0 spiro atoms. The van der Waals surface area contributed by atoms with Crippen LogP contribution in [0, 0.1) is 0 Å². The summed E-state index contributed by atoms with van der Waals surface area (Å²) in [6.07, 6.45) is 0. The Labute approximate surface area is 132 Å². The van der Waals surface area contributed by atoms with Crippen LogP contribution in [-0.2, 0) is 9.59 Å². The number of hydrogen-bond donors (Lipinski definition) is 2. The molecule has 2 aromatic rings. The highest BCUT2D eigenvalue weighted by Crippen LogP contribution is 2.22. The minimum absolute atomic E-state index is 0.304. The van der Waals surface area contributed by atoms with Crippen LogP contribution in [0.3, 0.4) is 0 Å². The summed E-state index contributed by atoms with van der Waals surface area (Å²) in [5.74, 6) is -1.80. The number of carboxylic acid groups (broad SMARTS) is 2. The van der Waals surface area contributed by atoms with Gasteiger partial charge in [-0.1, -0.05) is 30.3 Å².